The number of hydrogen-bond donors (Lipinski definition) is 2. The molecule has 2 atom stereocenters. The summed E-state index contributed by atoms with van der Waals surface area (Å²) >= 11 is 5.98. The van der Waals surface area contributed by atoms with Crippen LogP contribution < -0.4 is 5.32 Å². The maximum atomic E-state index is 14.3. The summed E-state index contributed by atoms with van der Waals surface area (Å²) in [6.45, 7) is 3.17. The number of carbonyl (C=O) groups excluding carboxylic acids is 1. The van der Waals surface area contributed by atoms with Gasteiger partial charge < -0.3 is 20.1 Å². The minimum absolute atomic E-state index is 0.179. The van der Waals surface area contributed by atoms with Crippen molar-refractivity contribution < 1.29 is 28.2 Å². The third kappa shape index (κ3) is 5.55. The van der Waals surface area contributed by atoms with E-state index < -0.39 is 35.4 Å². The van der Waals surface area contributed by atoms with Crippen LogP contribution in [-0.2, 0) is 15.2 Å². The van der Waals surface area contributed by atoms with Gasteiger partial charge >= 0.3 is 12.0 Å². The summed E-state index contributed by atoms with van der Waals surface area (Å²) in [5.41, 5.74) is -3.80. The van der Waals surface area contributed by atoms with Gasteiger partial charge in [-0.3, -0.25) is 0 Å². The lowest BCUT2D eigenvalue weighted by molar-refractivity contribution is -0.143. The highest BCUT2D eigenvalue weighted by Gasteiger charge is 2.39. The second-order valence-electron chi connectivity index (χ2n) is 8.17. The Morgan fingerprint density at radius 3 is 2.34 bits per heavy atom. The highest BCUT2D eigenvalue weighted by Crippen LogP contribution is 2.42. The second kappa shape index (κ2) is 9.30. The number of carbonyl (C=O) groups is 2. The lowest BCUT2D eigenvalue weighted by Crippen LogP contribution is -2.62. The monoisotopic (exact) mass is 484 g/mol. The van der Waals surface area contributed by atoms with Crippen LogP contribution in [0.2, 0.25) is 5.02 Å². The topological polar surface area (TPSA) is 78.9 Å². The molecule has 2 aromatic carbocycles. The van der Waals surface area contributed by atoms with Gasteiger partial charge in [-0.1, -0.05) is 57.2 Å². The SMILES string of the molecule is CC(C)(NC(=O)N1CC(OC(c2ccc(Cl)cc2)c2ccccc2C(F)(F)P)C1)C(=O)O. The van der Waals surface area contributed by atoms with Crippen LogP contribution >= 0.6 is 20.8 Å². The molecule has 1 aliphatic rings. The minimum atomic E-state index is -3.15. The molecular formula is C22H24ClF2N2O4P. The van der Waals surface area contributed by atoms with Crippen molar-refractivity contribution >= 4 is 32.8 Å². The van der Waals surface area contributed by atoms with Gasteiger partial charge in [0, 0.05) is 10.6 Å². The number of amides is 2. The first kappa shape index (κ1) is 24.4. The average Bonchev–Trinajstić information content (AvgIpc) is 2.67. The van der Waals surface area contributed by atoms with Crippen molar-refractivity contribution in [2.75, 3.05) is 13.1 Å². The molecule has 0 saturated carbocycles. The van der Waals surface area contributed by atoms with Crippen LogP contribution in [0.25, 0.3) is 0 Å². The predicted octanol–water partition coefficient (Wildman–Crippen LogP) is 4.63. The molecule has 1 fully saturated rings. The third-order valence-electron chi connectivity index (χ3n) is 5.19. The van der Waals surface area contributed by atoms with E-state index >= 15 is 0 Å². The van der Waals surface area contributed by atoms with Gasteiger partial charge in [0.1, 0.15) is 11.6 Å². The van der Waals surface area contributed by atoms with Gasteiger partial charge in [-0.05, 0) is 37.1 Å². The van der Waals surface area contributed by atoms with Crippen LogP contribution in [0.4, 0.5) is 13.6 Å². The van der Waals surface area contributed by atoms with E-state index in [4.69, 9.17) is 21.4 Å². The van der Waals surface area contributed by atoms with E-state index in [1.165, 1.54) is 30.9 Å². The van der Waals surface area contributed by atoms with Crippen molar-refractivity contribution in [1.82, 2.24) is 10.2 Å². The zero-order valence-corrected chi connectivity index (χ0v) is 19.4. The van der Waals surface area contributed by atoms with Gasteiger partial charge in [0.25, 0.3) is 5.66 Å². The summed E-state index contributed by atoms with van der Waals surface area (Å²) in [4.78, 5) is 24.9. The normalized spacial score (nSPS) is 15.8. The van der Waals surface area contributed by atoms with Gasteiger partial charge in [-0.2, -0.15) is 8.78 Å². The lowest BCUT2D eigenvalue weighted by atomic mass is 9.96. The fraction of sp³-hybridized carbons (Fsp3) is 0.364. The molecule has 2 unspecified atom stereocenters. The molecule has 1 aliphatic heterocycles. The third-order valence-corrected chi connectivity index (χ3v) is 5.76. The molecule has 0 radical (unpaired) electrons. The Bertz CT molecular complexity index is 992. The van der Waals surface area contributed by atoms with Crippen LogP contribution in [0.5, 0.6) is 0 Å². The number of ether oxygens (including phenoxy) is 1. The van der Waals surface area contributed by atoms with Gasteiger partial charge in [0.15, 0.2) is 0 Å². The maximum Gasteiger partial charge on any atom is 0.328 e. The summed E-state index contributed by atoms with van der Waals surface area (Å²) in [6, 6.07) is 12.3. The fourth-order valence-corrected chi connectivity index (χ4v) is 3.67. The van der Waals surface area contributed by atoms with Crippen molar-refractivity contribution in [3.63, 3.8) is 0 Å². The maximum absolute atomic E-state index is 14.3. The number of rotatable bonds is 7. The van der Waals surface area contributed by atoms with Crippen LogP contribution in [0.3, 0.4) is 0 Å². The van der Waals surface area contributed by atoms with E-state index in [0.717, 1.165) is 0 Å². The molecule has 0 bridgehead atoms. The first-order chi connectivity index (χ1) is 14.9. The zero-order chi connectivity index (χ0) is 23.7. The molecule has 2 amide bonds. The van der Waals surface area contributed by atoms with Crippen molar-refractivity contribution in [1.29, 1.82) is 0 Å². The average molecular weight is 485 g/mol. The molecule has 32 heavy (non-hydrogen) atoms. The van der Waals surface area contributed by atoms with Gasteiger partial charge in [0.2, 0.25) is 0 Å². The number of carboxylic acids is 1. The lowest BCUT2D eigenvalue weighted by Gasteiger charge is -2.42. The van der Waals surface area contributed by atoms with Crippen LogP contribution in [0.1, 0.15) is 36.6 Å². The Morgan fingerprint density at radius 2 is 1.78 bits per heavy atom. The number of urea groups is 1. The predicted molar refractivity (Wildman–Crippen MR) is 120 cm³/mol. The van der Waals surface area contributed by atoms with Crippen molar-refractivity contribution in [3.05, 3.63) is 70.2 Å². The minimum Gasteiger partial charge on any atom is -0.480 e. The number of carboxylic acid groups (broad SMARTS) is 1. The summed E-state index contributed by atoms with van der Waals surface area (Å²) in [5, 5.41) is 12.1. The van der Waals surface area contributed by atoms with Crippen LogP contribution in [-0.4, -0.2) is 46.7 Å². The number of benzene rings is 2. The van der Waals surface area contributed by atoms with Crippen molar-refractivity contribution in [3.8, 4) is 0 Å². The molecule has 10 heteroatoms. The largest absolute Gasteiger partial charge is 0.480 e. The highest BCUT2D eigenvalue weighted by atomic mass is 35.5. The van der Waals surface area contributed by atoms with Crippen molar-refractivity contribution in [2.45, 2.75) is 37.3 Å². The molecule has 0 aromatic heterocycles. The van der Waals surface area contributed by atoms with E-state index in [1.54, 1.807) is 45.6 Å². The van der Waals surface area contributed by atoms with E-state index in [1.807, 2.05) is 0 Å². The molecular weight excluding hydrogens is 461 g/mol. The smallest absolute Gasteiger partial charge is 0.328 e. The first-order valence-corrected chi connectivity index (χ1v) is 10.8. The number of likely N-dealkylation sites (tertiary alicyclic amines) is 1. The standard InChI is InChI=1S/C22H24ClF2N2O4P/c1-21(2,19(28)29)26-20(30)27-11-15(12-27)31-18(13-7-9-14(23)10-8-13)16-5-3-4-6-17(16)22(24,25)32/h3-10,15,18H,11-12,32H2,1-2H3,(H,26,30)(H,28,29). The molecule has 1 heterocycles. The van der Waals surface area contributed by atoms with E-state index in [2.05, 4.69) is 5.32 Å². The van der Waals surface area contributed by atoms with Gasteiger partial charge in [-0.15, -0.1) is 0 Å². The number of aliphatic carboxylic acids is 1. The Kier molecular flexibility index (Phi) is 7.08. The molecule has 1 saturated heterocycles. The van der Waals surface area contributed by atoms with E-state index in [9.17, 15) is 18.4 Å². The van der Waals surface area contributed by atoms with Crippen LogP contribution in [0, 0.1) is 0 Å². The first-order valence-electron chi connectivity index (χ1n) is 9.86. The summed E-state index contributed by atoms with van der Waals surface area (Å²) in [6.07, 6.45) is -1.22. The molecule has 0 spiro atoms. The van der Waals surface area contributed by atoms with Crippen molar-refractivity contribution in [2.24, 2.45) is 0 Å². The van der Waals surface area contributed by atoms with E-state index in [0.29, 0.717) is 16.1 Å². The van der Waals surface area contributed by atoms with Crippen LogP contribution in [0.15, 0.2) is 48.5 Å². The fourth-order valence-electron chi connectivity index (χ4n) is 3.28. The molecule has 172 valence electrons. The number of halogens is 3. The Balaban J connectivity index is 1.79. The van der Waals surface area contributed by atoms with Gasteiger partial charge in [-0.25, -0.2) is 9.59 Å². The molecule has 0 aliphatic carbocycles. The summed E-state index contributed by atoms with van der Waals surface area (Å²) in [5.74, 6) is -1.16. The second-order valence-corrected chi connectivity index (χ2v) is 9.33. The Hall–Kier alpha value is -2.28. The molecule has 2 aromatic rings. The summed E-state index contributed by atoms with van der Waals surface area (Å²) in [7, 11) is 1.55. The number of nitrogens with one attached hydrogen (secondary N) is 1. The number of hydrogen-bond acceptors (Lipinski definition) is 3. The summed E-state index contributed by atoms with van der Waals surface area (Å²) < 4.78 is 34.7. The Morgan fingerprint density at radius 1 is 1.19 bits per heavy atom. The molecule has 3 rings (SSSR count). The highest BCUT2D eigenvalue weighted by molar-refractivity contribution is 7.17. The molecule has 2 N–H and O–H groups in total. The zero-order valence-electron chi connectivity index (χ0n) is 17.5. The molecule has 6 nitrogen and oxygen atoms in total. The Labute approximate surface area is 192 Å². The number of nitrogens with zero attached hydrogens (tertiary/aromatic N) is 1. The van der Waals surface area contributed by atoms with Gasteiger partial charge in [0.05, 0.1) is 19.2 Å². The quantitative estimate of drug-likeness (QED) is 0.562. The van der Waals surface area contributed by atoms with E-state index in [-0.39, 0.29) is 18.7 Å². The number of alkyl halides is 2.